The number of carbonyl (C=O) groups excluding carboxylic acids is 3. The molecule has 0 radical (unpaired) electrons. The van der Waals surface area contributed by atoms with Gasteiger partial charge in [-0.15, -0.1) is 11.8 Å². The van der Waals surface area contributed by atoms with E-state index in [0.29, 0.717) is 32.4 Å². The van der Waals surface area contributed by atoms with Gasteiger partial charge in [-0.2, -0.15) is 0 Å². The van der Waals surface area contributed by atoms with Crippen molar-refractivity contribution in [1.82, 2.24) is 9.80 Å². The van der Waals surface area contributed by atoms with Gasteiger partial charge >= 0.3 is 6.03 Å². The molecule has 1 saturated heterocycles. The predicted molar refractivity (Wildman–Crippen MR) is 141 cm³/mol. The molecule has 2 aromatic rings. The van der Waals surface area contributed by atoms with Gasteiger partial charge in [-0.3, -0.25) is 14.5 Å². The fourth-order valence-corrected chi connectivity index (χ4v) is 5.94. The highest BCUT2D eigenvalue weighted by molar-refractivity contribution is 8.03. The summed E-state index contributed by atoms with van der Waals surface area (Å²) in [7, 11) is 0. The van der Waals surface area contributed by atoms with Gasteiger partial charge in [0.15, 0.2) is 0 Å². The second kappa shape index (κ2) is 11.1. The molecule has 2 aromatic carbocycles. The lowest BCUT2D eigenvalue weighted by atomic mass is 9.98. The van der Waals surface area contributed by atoms with Gasteiger partial charge in [0, 0.05) is 25.2 Å². The number of rotatable bonds is 9. The molecule has 2 atom stereocenters. The average Bonchev–Trinajstić information content (AvgIpc) is 3.30. The molecule has 2 heterocycles. The summed E-state index contributed by atoms with van der Waals surface area (Å²) < 4.78 is 0. The summed E-state index contributed by atoms with van der Waals surface area (Å²) in [4.78, 5) is 42.0. The Hall–Kier alpha value is -3.06. The molecule has 7 heteroatoms. The fourth-order valence-electron chi connectivity index (χ4n) is 4.88. The topological polar surface area (TPSA) is 69.7 Å². The van der Waals surface area contributed by atoms with Gasteiger partial charge in [-0.1, -0.05) is 48.4 Å². The Kier molecular flexibility index (Phi) is 7.96. The van der Waals surface area contributed by atoms with E-state index < -0.39 is 0 Å². The van der Waals surface area contributed by atoms with Crippen molar-refractivity contribution in [3.63, 3.8) is 0 Å². The molecule has 4 amide bonds. The Morgan fingerprint density at radius 3 is 2.43 bits per heavy atom. The number of carbonyl (C=O) groups is 3. The highest BCUT2D eigenvalue weighted by Crippen LogP contribution is 2.36. The Labute approximate surface area is 211 Å². The van der Waals surface area contributed by atoms with Gasteiger partial charge in [0.2, 0.25) is 11.8 Å². The number of amides is 4. The van der Waals surface area contributed by atoms with E-state index in [0.717, 1.165) is 17.7 Å². The zero-order chi connectivity index (χ0) is 24.9. The maximum Gasteiger partial charge on any atom is 0.327 e. The second-order valence-electron chi connectivity index (χ2n) is 9.38. The summed E-state index contributed by atoms with van der Waals surface area (Å²) in [5.74, 6) is -0.127. The van der Waals surface area contributed by atoms with Crippen molar-refractivity contribution in [2.75, 3.05) is 11.9 Å². The summed E-state index contributed by atoms with van der Waals surface area (Å²) in [6.07, 6.45) is 4.56. The monoisotopic (exact) mass is 491 g/mol. The number of hydrogen-bond acceptors (Lipinski definition) is 4. The third-order valence-corrected chi connectivity index (χ3v) is 7.76. The summed E-state index contributed by atoms with van der Waals surface area (Å²) in [5.41, 5.74) is 5.47. The van der Waals surface area contributed by atoms with E-state index in [1.165, 1.54) is 33.4 Å². The molecule has 6 nitrogen and oxygen atoms in total. The van der Waals surface area contributed by atoms with Crippen LogP contribution in [0.15, 0.2) is 53.9 Å². The van der Waals surface area contributed by atoms with Gasteiger partial charge in [0.1, 0.15) is 5.25 Å². The molecule has 2 unspecified atom stereocenters. The van der Waals surface area contributed by atoms with Crippen molar-refractivity contribution in [2.24, 2.45) is 0 Å². The molecule has 0 bridgehead atoms. The van der Waals surface area contributed by atoms with E-state index in [1.54, 1.807) is 0 Å². The van der Waals surface area contributed by atoms with E-state index in [1.807, 2.05) is 46.7 Å². The number of thioether (sulfide) groups is 1. The van der Waals surface area contributed by atoms with Crippen LogP contribution in [0.2, 0.25) is 0 Å². The average molecular weight is 492 g/mol. The molecule has 0 saturated carbocycles. The van der Waals surface area contributed by atoms with Crippen LogP contribution >= 0.6 is 11.8 Å². The number of urea groups is 1. The fraction of sp³-hybridized carbons (Fsp3) is 0.393. The Bertz CT molecular complexity index is 1110. The van der Waals surface area contributed by atoms with Crippen LogP contribution in [0.4, 0.5) is 10.5 Å². The van der Waals surface area contributed by atoms with Gasteiger partial charge in [-0.25, -0.2) is 4.79 Å². The van der Waals surface area contributed by atoms with Crippen LogP contribution in [0.25, 0.3) is 0 Å². The molecule has 0 aliphatic carbocycles. The van der Waals surface area contributed by atoms with E-state index in [9.17, 15) is 14.4 Å². The minimum absolute atomic E-state index is 0.0207. The predicted octanol–water partition coefficient (Wildman–Crippen LogP) is 5.57. The van der Waals surface area contributed by atoms with Crippen molar-refractivity contribution in [1.29, 1.82) is 0 Å². The first-order chi connectivity index (χ1) is 16.8. The Balaban J connectivity index is 1.34. The molecule has 184 valence electrons. The first-order valence-electron chi connectivity index (χ1n) is 12.2. The van der Waals surface area contributed by atoms with Gasteiger partial charge < -0.3 is 10.2 Å². The van der Waals surface area contributed by atoms with E-state index in [4.69, 9.17) is 0 Å². The molecule has 0 aromatic heterocycles. The molecule has 1 N–H and O–H groups in total. The standard InChI is InChI=1S/C28H33N3O3S/c1-19-16-20(2)23(21(3)17-19)18-31-24-13-15-35-26(24)27(33)30(28(31)34)14-9-5-8-12-25(32)29-22-10-6-4-7-11-22/h4,6-7,10-11,13,15-17,24,26H,5,8-9,12,14,18H2,1-3H3,(H,29,32). The third-order valence-electron chi connectivity index (χ3n) is 6.67. The van der Waals surface area contributed by atoms with Crippen molar-refractivity contribution in [2.45, 2.75) is 64.3 Å². The summed E-state index contributed by atoms with van der Waals surface area (Å²) in [5, 5.41) is 4.55. The number of benzene rings is 2. The van der Waals surface area contributed by atoms with Gasteiger partial charge in [0.05, 0.1) is 6.04 Å². The SMILES string of the molecule is Cc1cc(C)c(CN2C(=O)N(CCCCCC(=O)Nc3ccccc3)C(=O)C3SC=CC32)c(C)c1. The number of unbranched alkanes of at least 4 members (excludes halogenated alkanes) is 2. The van der Waals surface area contributed by atoms with Crippen LogP contribution in [0.3, 0.4) is 0 Å². The van der Waals surface area contributed by atoms with Gasteiger partial charge in [0.25, 0.3) is 0 Å². The van der Waals surface area contributed by atoms with Crippen molar-refractivity contribution < 1.29 is 14.4 Å². The van der Waals surface area contributed by atoms with Crippen LogP contribution in [0.5, 0.6) is 0 Å². The van der Waals surface area contributed by atoms with E-state index >= 15 is 0 Å². The zero-order valence-electron chi connectivity index (χ0n) is 20.6. The van der Waals surface area contributed by atoms with Crippen molar-refractivity contribution in [3.05, 3.63) is 76.2 Å². The number of para-hydroxylation sites is 1. The van der Waals surface area contributed by atoms with Crippen LogP contribution in [-0.4, -0.2) is 45.5 Å². The largest absolute Gasteiger partial charge is 0.327 e. The number of nitrogens with zero attached hydrogens (tertiary/aromatic N) is 2. The smallest absolute Gasteiger partial charge is 0.326 e. The van der Waals surface area contributed by atoms with Gasteiger partial charge in [-0.05, 0) is 67.8 Å². The molecular weight excluding hydrogens is 458 g/mol. The second-order valence-corrected chi connectivity index (χ2v) is 10.4. The van der Waals surface area contributed by atoms with Crippen molar-refractivity contribution in [3.8, 4) is 0 Å². The van der Waals surface area contributed by atoms with E-state index in [-0.39, 0.29) is 29.1 Å². The molecular formula is C28H33N3O3S. The molecule has 1 fully saturated rings. The normalized spacial score (nSPS) is 19.3. The molecule has 2 aliphatic heterocycles. The molecule has 35 heavy (non-hydrogen) atoms. The lowest BCUT2D eigenvalue weighted by molar-refractivity contribution is -0.131. The number of nitrogens with one attached hydrogen (secondary N) is 1. The zero-order valence-corrected chi connectivity index (χ0v) is 21.4. The minimum atomic E-state index is -0.282. The Morgan fingerprint density at radius 2 is 1.71 bits per heavy atom. The first kappa shape index (κ1) is 25.0. The molecule has 4 rings (SSSR count). The molecule has 0 spiro atoms. The maximum absolute atomic E-state index is 13.5. The summed E-state index contributed by atoms with van der Waals surface area (Å²) >= 11 is 1.50. The van der Waals surface area contributed by atoms with E-state index in [2.05, 4.69) is 38.2 Å². The minimum Gasteiger partial charge on any atom is -0.326 e. The first-order valence-corrected chi connectivity index (χ1v) is 13.1. The summed E-state index contributed by atoms with van der Waals surface area (Å²) in [6.45, 7) is 7.11. The maximum atomic E-state index is 13.5. The Morgan fingerprint density at radius 1 is 1.00 bits per heavy atom. The van der Waals surface area contributed by atoms with Crippen LogP contribution < -0.4 is 5.32 Å². The van der Waals surface area contributed by atoms with Crippen LogP contribution in [0.1, 0.15) is 47.9 Å². The number of fused-ring (bicyclic) bond motifs is 1. The van der Waals surface area contributed by atoms with Crippen LogP contribution in [-0.2, 0) is 16.1 Å². The highest BCUT2D eigenvalue weighted by atomic mass is 32.2. The van der Waals surface area contributed by atoms with Crippen molar-refractivity contribution >= 4 is 35.3 Å². The highest BCUT2D eigenvalue weighted by Gasteiger charge is 2.47. The number of aryl methyl sites for hydroxylation is 3. The molecule has 2 aliphatic rings. The number of imide groups is 1. The number of hydrogen-bond donors (Lipinski definition) is 1. The quantitative estimate of drug-likeness (QED) is 0.466. The lowest BCUT2D eigenvalue weighted by Gasteiger charge is -2.41. The third kappa shape index (κ3) is 5.78. The lowest BCUT2D eigenvalue weighted by Crippen LogP contribution is -2.61. The summed E-state index contributed by atoms with van der Waals surface area (Å²) in [6, 6.07) is 13.3. The number of anilines is 1. The van der Waals surface area contributed by atoms with Crippen LogP contribution in [0, 0.1) is 20.8 Å².